The van der Waals surface area contributed by atoms with Gasteiger partial charge in [-0.05, 0) is 113 Å². The zero-order valence-corrected chi connectivity index (χ0v) is 30.0. The summed E-state index contributed by atoms with van der Waals surface area (Å²) in [6, 6.07) is 14.5. The summed E-state index contributed by atoms with van der Waals surface area (Å²) in [7, 11) is 0. The second-order valence-corrected chi connectivity index (χ2v) is 14.7. The van der Waals surface area contributed by atoms with Crippen molar-refractivity contribution in [2.24, 2.45) is 0 Å². The van der Waals surface area contributed by atoms with E-state index in [0.717, 1.165) is 29.5 Å². The van der Waals surface area contributed by atoms with E-state index in [1.807, 2.05) is 42.2 Å². The summed E-state index contributed by atoms with van der Waals surface area (Å²) in [5, 5.41) is 14.6. The molecule has 1 aromatic heterocycles. The molecule has 0 aliphatic carbocycles. The molecule has 3 aromatic rings. The number of amides is 3. The van der Waals surface area contributed by atoms with E-state index < -0.39 is 29.2 Å². The number of carbonyl (C=O) groups is 3. The van der Waals surface area contributed by atoms with Gasteiger partial charge in [0.15, 0.2) is 0 Å². The number of hydrogen-bond acceptors (Lipinski definition) is 9. The van der Waals surface area contributed by atoms with E-state index in [1.165, 1.54) is 4.90 Å². The summed E-state index contributed by atoms with van der Waals surface area (Å²) in [5.74, 6) is 0.365. The first-order chi connectivity index (χ1) is 24.4. The number of morpholine rings is 1. The lowest BCUT2D eigenvalue weighted by atomic mass is 9.80. The van der Waals surface area contributed by atoms with Gasteiger partial charge in [-0.3, -0.25) is 19.5 Å². The molecule has 2 saturated heterocycles. The van der Waals surface area contributed by atoms with Crippen molar-refractivity contribution >= 4 is 17.9 Å². The number of aliphatic hydroxyl groups excluding tert-OH is 1. The maximum Gasteiger partial charge on any atom is 0.411 e. The van der Waals surface area contributed by atoms with Gasteiger partial charge in [-0.2, -0.15) is 0 Å². The Morgan fingerprint density at radius 2 is 1.75 bits per heavy atom. The van der Waals surface area contributed by atoms with E-state index in [9.17, 15) is 19.5 Å². The normalized spacial score (nSPS) is 21.8. The van der Waals surface area contributed by atoms with Crippen LogP contribution in [0.2, 0.25) is 0 Å². The molecule has 2 unspecified atom stereocenters. The van der Waals surface area contributed by atoms with Crippen molar-refractivity contribution in [3.8, 4) is 11.5 Å². The van der Waals surface area contributed by atoms with E-state index in [2.05, 4.69) is 10.3 Å². The highest BCUT2D eigenvalue weighted by Gasteiger charge is 2.47. The summed E-state index contributed by atoms with van der Waals surface area (Å²) in [4.78, 5) is 48.3. The molecule has 0 radical (unpaired) electrons. The molecule has 12 heteroatoms. The number of rotatable bonds is 10. The van der Waals surface area contributed by atoms with Crippen molar-refractivity contribution in [1.82, 2.24) is 20.1 Å². The number of hydrogen-bond donors (Lipinski definition) is 2. The molecule has 0 saturated carbocycles. The van der Waals surface area contributed by atoms with Crippen molar-refractivity contribution in [2.45, 2.75) is 96.4 Å². The van der Waals surface area contributed by atoms with E-state index in [4.69, 9.17) is 18.9 Å². The number of aliphatic hydroxyl groups is 1. The minimum atomic E-state index is -1.17. The number of pyridine rings is 1. The number of ether oxygens (including phenoxy) is 4. The lowest BCUT2D eigenvalue weighted by molar-refractivity contribution is -0.0496. The van der Waals surface area contributed by atoms with E-state index >= 15 is 0 Å². The third-order valence-electron chi connectivity index (χ3n) is 9.86. The lowest BCUT2D eigenvalue weighted by Crippen LogP contribution is -2.63. The van der Waals surface area contributed by atoms with E-state index in [0.29, 0.717) is 44.2 Å². The average Bonchev–Trinajstić information content (AvgIpc) is 3.35. The fourth-order valence-corrected chi connectivity index (χ4v) is 7.11. The molecule has 6 rings (SSSR count). The Balaban J connectivity index is 1.18. The van der Waals surface area contributed by atoms with E-state index in [-0.39, 0.29) is 42.4 Å². The fourth-order valence-electron chi connectivity index (χ4n) is 7.11. The van der Waals surface area contributed by atoms with Crippen LogP contribution in [0.15, 0.2) is 60.9 Å². The Hall–Kier alpha value is -4.68. The molecule has 2 aromatic carbocycles. The fraction of sp³-hybridized carbons (Fsp3) is 0.487. The predicted molar refractivity (Wildman–Crippen MR) is 189 cm³/mol. The zero-order chi connectivity index (χ0) is 36.3. The number of aromatic nitrogens is 1. The Morgan fingerprint density at radius 3 is 2.43 bits per heavy atom. The van der Waals surface area contributed by atoms with Gasteiger partial charge in [-0.25, -0.2) is 4.79 Å². The highest BCUT2D eigenvalue weighted by atomic mass is 16.6. The molecule has 2 fully saturated rings. The first-order valence-corrected chi connectivity index (χ1v) is 17.6. The third-order valence-corrected chi connectivity index (χ3v) is 9.86. The summed E-state index contributed by atoms with van der Waals surface area (Å²) < 4.78 is 23.3. The molecule has 3 aliphatic rings. The van der Waals surface area contributed by atoms with Gasteiger partial charge in [0.1, 0.15) is 23.7 Å². The number of fused-ring (bicyclic) bond motifs is 3. The monoisotopic (exact) mass is 700 g/mol. The van der Waals surface area contributed by atoms with Gasteiger partial charge in [-0.1, -0.05) is 6.07 Å². The van der Waals surface area contributed by atoms with Crippen LogP contribution < -0.4 is 14.8 Å². The van der Waals surface area contributed by atoms with Crippen LogP contribution in [0.1, 0.15) is 84.9 Å². The Labute approximate surface area is 299 Å². The van der Waals surface area contributed by atoms with E-state index in [1.54, 1.807) is 58.3 Å². The molecule has 0 spiro atoms. The Bertz CT molecular complexity index is 1730. The quantitative estimate of drug-likeness (QED) is 0.302. The maximum absolute atomic E-state index is 13.7. The molecule has 272 valence electrons. The van der Waals surface area contributed by atoms with Crippen LogP contribution in [0, 0.1) is 0 Å². The number of benzene rings is 2. The van der Waals surface area contributed by atoms with Gasteiger partial charge in [0.25, 0.3) is 11.8 Å². The maximum atomic E-state index is 13.7. The minimum absolute atomic E-state index is 0.0533. The second-order valence-electron chi connectivity index (χ2n) is 14.7. The standard InChI is InChI=1S/C39H48N4O8/c1-6-49-33-18-26(36(46)43-29-9-10-30(43)24-48-23-29)8-12-32(33)35(45)41-20-34(44)39(5)19-27-7-11-31(50-22-25-13-15-40-16-14-25)17-28(27)21-42(39)37(47)51-38(2,3)4/h7-8,11-18,29-30,34,44H,6,9-10,19-24H2,1-5H3,(H,41,45)/t29?,30?,34-,39-/m1/s1. The van der Waals surface area contributed by atoms with Gasteiger partial charge in [-0.15, -0.1) is 0 Å². The topological polar surface area (TPSA) is 140 Å². The largest absolute Gasteiger partial charge is 0.493 e. The van der Waals surface area contributed by atoms with Crippen LogP contribution in [-0.2, 0) is 29.0 Å². The molecule has 2 N–H and O–H groups in total. The Kier molecular flexibility index (Phi) is 10.5. The predicted octanol–water partition coefficient (Wildman–Crippen LogP) is 4.91. The molecule has 12 nitrogen and oxygen atoms in total. The molecular formula is C39H48N4O8. The van der Waals surface area contributed by atoms with Crippen molar-refractivity contribution in [3.63, 3.8) is 0 Å². The van der Waals surface area contributed by atoms with Gasteiger partial charge in [0, 0.05) is 24.5 Å². The van der Waals surface area contributed by atoms with Crippen molar-refractivity contribution in [1.29, 1.82) is 0 Å². The van der Waals surface area contributed by atoms with Gasteiger partial charge < -0.3 is 34.3 Å². The molecule has 4 heterocycles. The van der Waals surface area contributed by atoms with Gasteiger partial charge in [0.2, 0.25) is 0 Å². The van der Waals surface area contributed by atoms with Crippen LogP contribution in [0.4, 0.5) is 4.79 Å². The van der Waals surface area contributed by atoms with Crippen LogP contribution in [0.3, 0.4) is 0 Å². The second kappa shape index (κ2) is 14.9. The highest BCUT2D eigenvalue weighted by molar-refractivity contribution is 6.00. The molecule has 3 amide bonds. The molecule has 51 heavy (non-hydrogen) atoms. The van der Waals surface area contributed by atoms with Crippen LogP contribution in [-0.4, -0.2) is 93.5 Å². The highest BCUT2D eigenvalue weighted by Crippen LogP contribution is 2.37. The molecule has 3 aliphatic heterocycles. The Morgan fingerprint density at radius 1 is 1.02 bits per heavy atom. The first kappa shape index (κ1) is 36.1. The summed E-state index contributed by atoms with van der Waals surface area (Å²) in [5.41, 5.74) is 1.60. The molecular weight excluding hydrogens is 652 g/mol. The number of carbonyl (C=O) groups excluding carboxylic acids is 3. The lowest BCUT2D eigenvalue weighted by Gasteiger charge is -2.48. The van der Waals surface area contributed by atoms with Crippen molar-refractivity contribution in [3.05, 3.63) is 88.7 Å². The third kappa shape index (κ3) is 7.97. The summed E-state index contributed by atoms with van der Waals surface area (Å²) >= 11 is 0. The SMILES string of the molecule is CCOc1cc(C(=O)N2C3CCC2COC3)ccc1C(=O)NC[C@@H](O)[C@@]1(C)Cc2ccc(OCc3ccncc3)cc2CN1C(=O)OC(C)(C)C. The summed E-state index contributed by atoms with van der Waals surface area (Å²) in [6.45, 7) is 10.7. The summed E-state index contributed by atoms with van der Waals surface area (Å²) in [6.07, 6.45) is 3.82. The van der Waals surface area contributed by atoms with Gasteiger partial charge >= 0.3 is 6.09 Å². The average molecular weight is 701 g/mol. The van der Waals surface area contributed by atoms with Crippen molar-refractivity contribution in [2.75, 3.05) is 26.4 Å². The van der Waals surface area contributed by atoms with Crippen LogP contribution >= 0.6 is 0 Å². The van der Waals surface area contributed by atoms with Crippen LogP contribution in [0.5, 0.6) is 11.5 Å². The van der Waals surface area contributed by atoms with Crippen molar-refractivity contribution < 1.29 is 38.4 Å². The number of nitrogens with zero attached hydrogens (tertiary/aromatic N) is 3. The number of nitrogens with one attached hydrogen (secondary N) is 1. The smallest absolute Gasteiger partial charge is 0.411 e. The molecule has 4 atom stereocenters. The van der Waals surface area contributed by atoms with Gasteiger partial charge in [0.05, 0.1) is 55.7 Å². The van der Waals surface area contributed by atoms with Crippen LogP contribution in [0.25, 0.3) is 0 Å². The minimum Gasteiger partial charge on any atom is -0.493 e. The zero-order valence-electron chi connectivity index (χ0n) is 30.0. The first-order valence-electron chi connectivity index (χ1n) is 17.6. The molecule has 2 bridgehead atoms.